The summed E-state index contributed by atoms with van der Waals surface area (Å²) in [6.07, 6.45) is 4.27. The maximum Gasteiger partial charge on any atom is 0.275 e. The van der Waals surface area contributed by atoms with Crippen molar-refractivity contribution in [1.29, 1.82) is 0 Å². The van der Waals surface area contributed by atoms with Gasteiger partial charge in [-0.1, -0.05) is 25.5 Å². The molecule has 1 aliphatic heterocycles. The first-order chi connectivity index (χ1) is 16.5. The Kier molecular flexibility index (Phi) is 7.95. The third-order valence-corrected chi connectivity index (χ3v) is 7.49. The minimum atomic E-state index is -0.199. The van der Waals surface area contributed by atoms with E-state index in [1.807, 2.05) is 54.2 Å². The number of nitrogens with zero attached hydrogens (tertiary/aromatic N) is 4. The molecule has 4 rings (SSSR count). The van der Waals surface area contributed by atoms with Crippen molar-refractivity contribution in [3.05, 3.63) is 57.8 Å². The Balaban J connectivity index is 1.38. The largest absolute Gasteiger partial charge is 0.363 e. The van der Waals surface area contributed by atoms with Crippen molar-refractivity contribution in [2.24, 2.45) is 0 Å². The molecule has 1 aliphatic rings. The van der Waals surface area contributed by atoms with E-state index in [0.29, 0.717) is 17.3 Å². The van der Waals surface area contributed by atoms with Crippen LogP contribution in [0.25, 0.3) is 5.69 Å². The van der Waals surface area contributed by atoms with Crippen LogP contribution in [0.5, 0.6) is 0 Å². The number of anilines is 1. The lowest BCUT2D eigenvalue weighted by atomic mass is 9.98. The monoisotopic (exact) mass is 496 g/mol. The SMILES string of the molecule is CCCCNC(=S)N1CCC(c2nc(C(=O)Nc3ccccc3-n3nc(C)cc3C)cs2)CC1. The number of para-hydroxylation sites is 2. The molecule has 0 unspecified atom stereocenters. The highest BCUT2D eigenvalue weighted by molar-refractivity contribution is 7.80. The molecule has 1 aromatic carbocycles. The number of benzene rings is 1. The molecule has 9 heteroatoms. The highest BCUT2D eigenvalue weighted by Gasteiger charge is 2.25. The molecule has 3 aromatic rings. The summed E-state index contributed by atoms with van der Waals surface area (Å²) in [5.74, 6) is 0.165. The fourth-order valence-electron chi connectivity index (χ4n) is 4.22. The molecular formula is C25H32N6OS2. The van der Waals surface area contributed by atoms with Crippen molar-refractivity contribution in [1.82, 2.24) is 25.0 Å². The van der Waals surface area contributed by atoms with Gasteiger partial charge in [-0.05, 0) is 63.5 Å². The Hall–Kier alpha value is -2.78. The van der Waals surface area contributed by atoms with Gasteiger partial charge in [-0.25, -0.2) is 9.67 Å². The summed E-state index contributed by atoms with van der Waals surface area (Å²) in [5, 5.41) is 14.7. The molecule has 0 atom stereocenters. The number of aryl methyl sites for hydroxylation is 2. The number of aromatic nitrogens is 3. The summed E-state index contributed by atoms with van der Waals surface area (Å²) in [6, 6.07) is 9.72. The topological polar surface area (TPSA) is 75.1 Å². The Labute approximate surface area is 210 Å². The predicted molar refractivity (Wildman–Crippen MR) is 142 cm³/mol. The van der Waals surface area contributed by atoms with Gasteiger partial charge in [0.05, 0.1) is 22.1 Å². The predicted octanol–water partition coefficient (Wildman–Crippen LogP) is 5.05. The lowest BCUT2D eigenvalue weighted by Crippen LogP contribution is -2.44. The van der Waals surface area contributed by atoms with E-state index < -0.39 is 0 Å². The molecule has 2 aromatic heterocycles. The van der Waals surface area contributed by atoms with Gasteiger partial charge in [0.1, 0.15) is 5.69 Å². The molecule has 3 heterocycles. The van der Waals surface area contributed by atoms with Gasteiger partial charge in [0.2, 0.25) is 0 Å². The quantitative estimate of drug-likeness (QED) is 0.352. The Morgan fingerprint density at radius 3 is 2.71 bits per heavy atom. The van der Waals surface area contributed by atoms with Crippen LogP contribution < -0.4 is 10.6 Å². The lowest BCUT2D eigenvalue weighted by Gasteiger charge is -2.33. The second-order valence-electron chi connectivity index (χ2n) is 8.73. The van der Waals surface area contributed by atoms with Gasteiger partial charge in [-0.15, -0.1) is 11.3 Å². The van der Waals surface area contributed by atoms with Crippen molar-refractivity contribution in [3.8, 4) is 5.69 Å². The van der Waals surface area contributed by atoms with E-state index in [9.17, 15) is 4.79 Å². The van der Waals surface area contributed by atoms with Crippen LogP contribution in [0.1, 0.15) is 65.4 Å². The fraction of sp³-hybridized carbons (Fsp3) is 0.440. The van der Waals surface area contributed by atoms with Gasteiger partial charge < -0.3 is 15.5 Å². The second kappa shape index (κ2) is 11.1. The number of nitrogens with one attached hydrogen (secondary N) is 2. The Morgan fingerprint density at radius 2 is 2.00 bits per heavy atom. The number of piperidine rings is 1. The summed E-state index contributed by atoms with van der Waals surface area (Å²) in [5.41, 5.74) is 3.97. The number of hydrogen-bond donors (Lipinski definition) is 2. The first-order valence-corrected chi connectivity index (χ1v) is 13.2. The number of carbonyl (C=O) groups is 1. The third kappa shape index (κ3) is 5.64. The Morgan fingerprint density at radius 1 is 1.24 bits per heavy atom. The zero-order valence-electron chi connectivity index (χ0n) is 20.0. The van der Waals surface area contributed by atoms with E-state index in [4.69, 9.17) is 17.2 Å². The van der Waals surface area contributed by atoms with Gasteiger partial charge in [0.15, 0.2) is 5.11 Å². The minimum absolute atomic E-state index is 0.199. The number of hydrogen-bond acceptors (Lipinski definition) is 5. The molecule has 0 radical (unpaired) electrons. The molecule has 7 nitrogen and oxygen atoms in total. The van der Waals surface area contributed by atoms with Crippen molar-refractivity contribution in [2.45, 2.75) is 52.4 Å². The maximum absolute atomic E-state index is 13.0. The molecule has 0 bridgehead atoms. The van der Waals surface area contributed by atoms with Crippen LogP contribution in [0.15, 0.2) is 35.7 Å². The van der Waals surface area contributed by atoms with Crippen LogP contribution in [0.3, 0.4) is 0 Å². The maximum atomic E-state index is 13.0. The highest BCUT2D eigenvalue weighted by atomic mass is 32.1. The van der Waals surface area contributed by atoms with Crippen LogP contribution >= 0.6 is 23.6 Å². The Bertz CT molecular complexity index is 1150. The van der Waals surface area contributed by atoms with Gasteiger partial charge >= 0.3 is 0 Å². The molecular weight excluding hydrogens is 464 g/mol. The van der Waals surface area contributed by atoms with Crippen LogP contribution in [0.2, 0.25) is 0 Å². The third-order valence-electron chi connectivity index (χ3n) is 6.08. The number of unbranched alkanes of at least 4 members (excludes halogenated alkanes) is 1. The number of carbonyl (C=O) groups excluding carboxylic acids is 1. The highest BCUT2D eigenvalue weighted by Crippen LogP contribution is 2.31. The lowest BCUT2D eigenvalue weighted by molar-refractivity contribution is 0.102. The smallest absolute Gasteiger partial charge is 0.275 e. The standard InChI is InChI=1S/C25H32N6OS2/c1-4-5-12-26-25(33)30-13-10-19(11-14-30)24-28-21(16-34-24)23(32)27-20-8-6-7-9-22(20)31-18(3)15-17(2)29-31/h6-9,15-16,19H,4-5,10-14H2,1-3H3,(H,26,33)(H,27,32). The number of rotatable bonds is 7. The molecule has 1 amide bonds. The molecule has 1 fully saturated rings. The zero-order chi connectivity index (χ0) is 24.1. The summed E-state index contributed by atoms with van der Waals surface area (Å²) >= 11 is 7.11. The number of likely N-dealkylation sites (tertiary alicyclic amines) is 1. The molecule has 0 spiro atoms. The molecule has 0 saturated carbocycles. The number of thiocarbonyl (C=S) groups is 1. The summed E-state index contributed by atoms with van der Waals surface area (Å²) in [4.78, 5) is 20.0. The fourth-order valence-corrected chi connectivity index (χ4v) is 5.47. The van der Waals surface area contributed by atoms with E-state index in [1.165, 1.54) is 0 Å². The van der Waals surface area contributed by atoms with E-state index in [1.54, 1.807) is 11.3 Å². The molecule has 0 aliphatic carbocycles. The van der Waals surface area contributed by atoms with Crippen molar-refractivity contribution in [3.63, 3.8) is 0 Å². The van der Waals surface area contributed by atoms with Gasteiger partial charge in [-0.2, -0.15) is 5.10 Å². The van der Waals surface area contributed by atoms with E-state index in [0.717, 1.165) is 72.5 Å². The average Bonchev–Trinajstić information content (AvgIpc) is 3.46. The molecule has 34 heavy (non-hydrogen) atoms. The normalized spacial score (nSPS) is 14.3. The zero-order valence-corrected chi connectivity index (χ0v) is 21.6. The summed E-state index contributed by atoms with van der Waals surface area (Å²) in [7, 11) is 0. The number of thiazole rings is 1. The van der Waals surface area contributed by atoms with Gasteiger partial charge in [0.25, 0.3) is 5.91 Å². The molecule has 1 saturated heterocycles. The van der Waals surface area contributed by atoms with E-state index in [2.05, 4.69) is 27.6 Å². The summed E-state index contributed by atoms with van der Waals surface area (Å²) < 4.78 is 1.85. The number of amides is 1. The van der Waals surface area contributed by atoms with Crippen LogP contribution in [0.4, 0.5) is 5.69 Å². The van der Waals surface area contributed by atoms with E-state index >= 15 is 0 Å². The van der Waals surface area contributed by atoms with Gasteiger partial charge in [0, 0.05) is 36.6 Å². The first kappa shape index (κ1) is 24.3. The van der Waals surface area contributed by atoms with Crippen LogP contribution in [-0.2, 0) is 0 Å². The minimum Gasteiger partial charge on any atom is -0.363 e. The van der Waals surface area contributed by atoms with Crippen LogP contribution in [0, 0.1) is 13.8 Å². The van der Waals surface area contributed by atoms with Crippen molar-refractivity contribution < 1.29 is 4.79 Å². The average molecular weight is 497 g/mol. The van der Waals surface area contributed by atoms with Crippen molar-refractivity contribution >= 4 is 40.3 Å². The van der Waals surface area contributed by atoms with Crippen LogP contribution in [-0.4, -0.2) is 50.3 Å². The van der Waals surface area contributed by atoms with E-state index in [-0.39, 0.29) is 5.91 Å². The van der Waals surface area contributed by atoms with Gasteiger partial charge in [-0.3, -0.25) is 4.79 Å². The second-order valence-corrected chi connectivity index (χ2v) is 10.0. The molecule has 2 N–H and O–H groups in total. The molecule has 180 valence electrons. The first-order valence-electron chi connectivity index (χ1n) is 11.9. The van der Waals surface area contributed by atoms with Crippen molar-refractivity contribution in [2.75, 3.05) is 25.0 Å². The summed E-state index contributed by atoms with van der Waals surface area (Å²) in [6.45, 7) is 8.91.